The highest BCUT2D eigenvalue weighted by Gasteiger charge is 2.32. The van der Waals surface area contributed by atoms with Crippen molar-refractivity contribution in [2.24, 2.45) is 5.92 Å². The van der Waals surface area contributed by atoms with E-state index < -0.39 is 27.4 Å². The number of hydrogen-bond donors (Lipinski definition) is 2. The van der Waals surface area contributed by atoms with Crippen molar-refractivity contribution in [2.75, 3.05) is 18.8 Å². The third kappa shape index (κ3) is 3.14. The number of amides is 2. The van der Waals surface area contributed by atoms with Crippen LogP contribution in [-0.4, -0.2) is 42.2 Å². The molecule has 4 rings (SSSR count). The number of rotatable bonds is 3. The van der Waals surface area contributed by atoms with Gasteiger partial charge in [-0.3, -0.25) is 24.3 Å². The Kier molecular flexibility index (Phi) is 4.55. The summed E-state index contributed by atoms with van der Waals surface area (Å²) >= 11 is 0. The summed E-state index contributed by atoms with van der Waals surface area (Å²) in [4.78, 5) is 36.3. The number of carbonyl (C=O) groups is 2. The first-order valence-electron chi connectivity index (χ1n) is 9.22. The molecule has 0 saturated carbocycles. The number of carbonyl (C=O) groups excluding carboxylic acids is 2. The number of piperidine rings is 1. The molecular formula is C19H20N4O5S. The van der Waals surface area contributed by atoms with E-state index in [1.165, 1.54) is 28.6 Å². The van der Waals surface area contributed by atoms with E-state index in [0.29, 0.717) is 24.7 Å². The number of anilines is 1. The van der Waals surface area contributed by atoms with Crippen molar-refractivity contribution in [3.05, 3.63) is 51.8 Å². The normalized spacial score (nSPS) is 19.8. The van der Waals surface area contributed by atoms with Crippen LogP contribution < -0.4 is 16.6 Å². The van der Waals surface area contributed by atoms with E-state index in [4.69, 9.17) is 5.73 Å². The second-order valence-electron chi connectivity index (χ2n) is 7.38. The van der Waals surface area contributed by atoms with Gasteiger partial charge in [0.1, 0.15) is 5.82 Å². The SMILES string of the molecule is CC1CCCN(S(=O)(=O)c2ccc(-n3c(N)c4c(cc3=O)C(=O)NC4=O)cc2)C1. The van der Waals surface area contributed by atoms with E-state index in [1.807, 2.05) is 6.92 Å². The monoisotopic (exact) mass is 416 g/mol. The summed E-state index contributed by atoms with van der Waals surface area (Å²) in [5, 5.41) is 2.10. The Hall–Kier alpha value is -2.98. The van der Waals surface area contributed by atoms with Gasteiger partial charge < -0.3 is 5.73 Å². The molecule has 1 fully saturated rings. The maximum atomic E-state index is 12.9. The number of nitrogens with zero attached hydrogens (tertiary/aromatic N) is 2. The fourth-order valence-corrected chi connectivity index (χ4v) is 5.42. The van der Waals surface area contributed by atoms with E-state index in [1.54, 1.807) is 0 Å². The third-order valence-electron chi connectivity index (χ3n) is 5.31. The van der Waals surface area contributed by atoms with Gasteiger partial charge in [-0.05, 0) is 43.0 Å². The van der Waals surface area contributed by atoms with Crippen LogP contribution in [0, 0.1) is 5.92 Å². The predicted molar refractivity (Wildman–Crippen MR) is 105 cm³/mol. The second-order valence-corrected chi connectivity index (χ2v) is 9.32. The molecule has 10 heteroatoms. The molecule has 0 spiro atoms. The molecule has 0 aliphatic carbocycles. The predicted octanol–water partition coefficient (Wildman–Crippen LogP) is 0.724. The first-order chi connectivity index (χ1) is 13.7. The first-order valence-corrected chi connectivity index (χ1v) is 10.7. The Morgan fingerprint density at radius 2 is 1.79 bits per heavy atom. The maximum absolute atomic E-state index is 12.9. The lowest BCUT2D eigenvalue weighted by Gasteiger charge is -2.30. The number of nitrogens with one attached hydrogen (secondary N) is 1. The van der Waals surface area contributed by atoms with Crippen molar-refractivity contribution in [2.45, 2.75) is 24.7 Å². The van der Waals surface area contributed by atoms with Crippen molar-refractivity contribution in [3.63, 3.8) is 0 Å². The molecule has 1 unspecified atom stereocenters. The Labute approximate surface area is 167 Å². The largest absolute Gasteiger partial charge is 0.384 e. The highest BCUT2D eigenvalue weighted by Crippen LogP contribution is 2.26. The number of benzene rings is 1. The van der Waals surface area contributed by atoms with Crippen LogP contribution in [0.2, 0.25) is 0 Å². The van der Waals surface area contributed by atoms with Gasteiger partial charge in [-0.2, -0.15) is 4.31 Å². The number of nitrogens with two attached hydrogens (primary N) is 1. The minimum absolute atomic E-state index is 0.0615. The lowest BCUT2D eigenvalue weighted by Crippen LogP contribution is -2.39. The standard InChI is InChI=1S/C19H20N4O5S/c1-11-3-2-8-22(10-11)29(27,28)13-6-4-12(5-7-13)23-15(24)9-14-16(17(23)20)19(26)21-18(14)25/h4-7,9,11H,2-3,8,10,20H2,1H3,(H,21,25,26). The lowest BCUT2D eigenvalue weighted by molar-refractivity contribution is 0.0880. The molecule has 0 radical (unpaired) electrons. The molecule has 1 aromatic heterocycles. The lowest BCUT2D eigenvalue weighted by atomic mass is 10.0. The summed E-state index contributed by atoms with van der Waals surface area (Å²) in [7, 11) is -3.63. The highest BCUT2D eigenvalue weighted by molar-refractivity contribution is 7.89. The molecule has 3 heterocycles. The molecule has 2 aromatic rings. The Balaban J connectivity index is 1.73. The van der Waals surface area contributed by atoms with Crippen molar-refractivity contribution >= 4 is 27.7 Å². The first kappa shape index (κ1) is 19.3. The summed E-state index contributed by atoms with van der Waals surface area (Å²) in [6.45, 7) is 2.98. The average Bonchev–Trinajstić information content (AvgIpc) is 2.96. The zero-order valence-corrected chi connectivity index (χ0v) is 16.5. The van der Waals surface area contributed by atoms with Crippen LogP contribution in [0.15, 0.2) is 40.0 Å². The van der Waals surface area contributed by atoms with E-state index in [2.05, 4.69) is 5.32 Å². The molecule has 3 N–H and O–H groups in total. The van der Waals surface area contributed by atoms with Crippen molar-refractivity contribution in [1.29, 1.82) is 0 Å². The van der Waals surface area contributed by atoms with E-state index in [9.17, 15) is 22.8 Å². The Morgan fingerprint density at radius 1 is 1.10 bits per heavy atom. The van der Waals surface area contributed by atoms with Crippen LogP contribution >= 0.6 is 0 Å². The number of imide groups is 1. The Bertz CT molecular complexity index is 1180. The van der Waals surface area contributed by atoms with Gasteiger partial charge in [0.15, 0.2) is 0 Å². The topological polar surface area (TPSA) is 132 Å². The molecule has 1 atom stereocenters. The number of fused-ring (bicyclic) bond motifs is 1. The molecule has 152 valence electrons. The van der Waals surface area contributed by atoms with Gasteiger partial charge in [0.05, 0.1) is 21.7 Å². The summed E-state index contributed by atoms with van der Waals surface area (Å²) in [5.41, 5.74) is 5.58. The minimum atomic E-state index is -3.63. The molecule has 9 nitrogen and oxygen atoms in total. The highest BCUT2D eigenvalue weighted by atomic mass is 32.2. The number of sulfonamides is 1. The summed E-state index contributed by atoms with van der Waals surface area (Å²) in [6.07, 6.45) is 1.82. The minimum Gasteiger partial charge on any atom is -0.384 e. The number of pyridine rings is 1. The fraction of sp³-hybridized carbons (Fsp3) is 0.316. The van der Waals surface area contributed by atoms with Gasteiger partial charge in [-0.15, -0.1) is 0 Å². The molecule has 2 amide bonds. The summed E-state index contributed by atoms with van der Waals surface area (Å²) < 4.78 is 28.3. The summed E-state index contributed by atoms with van der Waals surface area (Å²) in [5.74, 6) is -1.21. The fourth-order valence-electron chi connectivity index (χ4n) is 3.83. The Morgan fingerprint density at radius 3 is 2.45 bits per heavy atom. The van der Waals surface area contributed by atoms with E-state index >= 15 is 0 Å². The van der Waals surface area contributed by atoms with Crippen LogP contribution in [0.25, 0.3) is 5.69 Å². The number of nitrogen functional groups attached to an aromatic ring is 1. The van der Waals surface area contributed by atoms with Crippen LogP contribution in [0.3, 0.4) is 0 Å². The zero-order chi connectivity index (χ0) is 20.9. The molecule has 2 aliphatic rings. The van der Waals surface area contributed by atoms with Crippen LogP contribution in [-0.2, 0) is 10.0 Å². The van der Waals surface area contributed by atoms with Crippen molar-refractivity contribution < 1.29 is 18.0 Å². The van der Waals surface area contributed by atoms with Gasteiger partial charge in [-0.1, -0.05) is 6.92 Å². The van der Waals surface area contributed by atoms with Gasteiger partial charge >= 0.3 is 0 Å². The number of aromatic nitrogens is 1. The average molecular weight is 416 g/mol. The van der Waals surface area contributed by atoms with Crippen molar-refractivity contribution in [1.82, 2.24) is 14.2 Å². The third-order valence-corrected chi connectivity index (χ3v) is 7.19. The van der Waals surface area contributed by atoms with Crippen molar-refractivity contribution in [3.8, 4) is 5.69 Å². The quantitative estimate of drug-likeness (QED) is 0.709. The molecule has 2 aliphatic heterocycles. The van der Waals surface area contributed by atoms with E-state index in [0.717, 1.165) is 23.5 Å². The maximum Gasteiger partial charge on any atom is 0.262 e. The summed E-state index contributed by atoms with van der Waals surface area (Å²) in [6, 6.07) is 6.78. The number of hydrogen-bond acceptors (Lipinski definition) is 6. The van der Waals surface area contributed by atoms with Gasteiger partial charge in [-0.25, -0.2) is 8.42 Å². The zero-order valence-electron chi connectivity index (χ0n) is 15.7. The molecule has 1 aromatic carbocycles. The second kappa shape index (κ2) is 6.82. The molecular weight excluding hydrogens is 396 g/mol. The van der Waals surface area contributed by atoms with Crippen LogP contribution in [0.4, 0.5) is 5.82 Å². The van der Waals surface area contributed by atoms with Gasteiger partial charge in [0.25, 0.3) is 17.4 Å². The van der Waals surface area contributed by atoms with E-state index in [-0.39, 0.29) is 21.8 Å². The molecule has 1 saturated heterocycles. The van der Waals surface area contributed by atoms with Gasteiger partial charge in [0, 0.05) is 19.2 Å². The van der Waals surface area contributed by atoms with Crippen LogP contribution in [0.5, 0.6) is 0 Å². The smallest absolute Gasteiger partial charge is 0.262 e. The van der Waals surface area contributed by atoms with Crippen LogP contribution in [0.1, 0.15) is 40.5 Å². The molecule has 29 heavy (non-hydrogen) atoms. The molecule has 0 bridgehead atoms. The van der Waals surface area contributed by atoms with Gasteiger partial charge in [0.2, 0.25) is 10.0 Å².